The van der Waals surface area contributed by atoms with Gasteiger partial charge in [-0.25, -0.2) is 0 Å². The van der Waals surface area contributed by atoms with Crippen molar-refractivity contribution < 1.29 is 4.21 Å². The molecule has 3 nitrogen and oxygen atoms in total. The number of rotatable bonds is 6. The molecule has 2 fully saturated rings. The van der Waals surface area contributed by atoms with Crippen LogP contribution in [0.5, 0.6) is 0 Å². The Bertz CT molecular complexity index is 267. The summed E-state index contributed by atoms with van der Waals surface area (Å²) < 4.78 is 11.4. The van der Waals surface area contributed by atoms with E-state index >= 15 is 0 Å². The molecule has 1 saturated heterocycles. The highest BCUT2D eigenvalue weighted by Crippen LogP contribution is 2.38. The highest BCUT2D eigenvalue weighted by atomic mass is 32.2. The van der Waals surface area contributed by atoms with Crippen molar-refractivity contribution >= 4 is 10.8 Å². The molecule has 1 N–H and O–H groups in total. The minimum absolute atomic E-state index is 0.508. The molecule has 0 aromatic heterocycles. The maximum Gasteiger partial charge on any atom is 0.0363 e. The molecule has 2 rings (SSSR count). The lowest BCUT2D eigenvalue weighted by molar-refractivity contribution is 0.158. The fourth-order valence-corrected chi connectivity index (χ4v) is 4.48. The second kappa shape index (κ2) is 7.01. The summed E-state index contributed by atoms with van der Waals surface area (Å²) in [6.07, 6.45) is 6.77. The zero-order valence-corrected chi connectivity index (χ0v) is 12.6. The second-order valence-corrected chi connectivity index (χ2v) is 7.70. The maximum absolute atomic E-state index is 11.4. The molecule has 18 heavy (non-hydrogen) atoms. The van der Waals surface area contributed by atoms with Gasteiger partial charge < -0.3 is 10.2 Å². The first-order valence-electron chi connectivity index (χ1n) is 7.52. The normalized spacial score (nSPS) is 25.6. The molecular weight excluding hydrogens is 244 g/mol. The molecule has 1 aliphatic heterocycles. The molecule has 0 unspecified atom stereocenters. The van der Waals surface area contributed by atoms with E-state index in [9.17, 15) is 4.21 Å². The predicted octanol–water partition coefficient (Wildman–Crippen LogP) is 1.61. The quantitative estimate of drug-likeness (QED) is 0.746. The Labute approximate surface area is 114 Å². The van der Waals surface area contributed by atoms with Gasteiger partial charge in [0, 0.05) is 48.5 Å². The Balaban J connectivity index is 1.83. The summed E-state index contributed by atoms with van der Waals surface area (Å²) in [5, 5.41) is 3.63. The lowest BCUT2D eigenvalue weighted by Crippen LogP contribution is -2.47. The Kier molecular flexibility index (Phi) is 5.64. The van der Waals surface area contributed by atoms with Gasteiger partial charge >= 0.3 is 0 Å². The Morgan fingerprint density at radius 2 is 1.89 bits per heavy atom. The highest BCUT2D eigenvalue weighted by molar-refractivity contribution is 7.85. The third kappa shape index (κ3) is 4.04. The van der Waals surface area contributed by atoms with Crippen LogP contribution in [0, 0.1) is 5.41 Å². The molecule has 0 spiro atoms. The van der Waals surface area contributed by atoms with Gasteiger partial charge in [-0.15, -0.1) is 0 Å². The molecule has 1 aliphatic carbocycles. The van der Waals surface area contributed by atoms with Gasteiger partial charge in [0.1, 0.15) is 0 Å². The third-order valence-electron chi connectivity index (χ3n) is 4.42. The first kappa shape index (κ1) is 14.5. The molecule has 0 amide bonds. The third-order valence-corrected chi connectivity index (χ3v) is 5.70. The van der Waals surface area contributed by atoms with Gasteiger partial charge in [-0.05, 0) is 31.2 Å². The van der Waals surface area contributed by atoms with E-state index in [1.165, 1.54) is 45.2 Å². The SMILES string of the molecule is CCCNCC1(CN2CCS(=O)CC2)CCCC1. The van der Waals surface area contributed by atoms with E-state index in [1.807, 2.05) is 0 Å². The van der Waals surface area contributed by atoms with E-state index in [4.69, 9.17) is 0 Å². The summed E-state index contributed by atoms with van der Waals surface area (Å²) in [6.45, 7) is 7.87. The molecule has 2 aliphatic rings. The van der Waals surface area contributed by atoms with Crippen LogP contribution in [0.15, 0.2) is 0 Å². The van der Waals surface area contributed by atoms with Crippen LogP contribution in [0.3, 0.4) is 0 Å². The number of hydrogen-bond acceptors (Lipinski definition) is 3. The van der Waals surface area contributed by atoms with Crippen molar-refractivity contribution in [2.24, 2.45) is 5.41 Å². The standard InChI is InChI=1S/C14H28N2OS/c1-2-7-15-12-14(5-3-4-6-14)13-16-8-10-18(17)11-9-16/h15H,2-13H2,1H3. The lowest BCUT2D eigenvalue weighted by atomic mass is 9.85. The summed E-state index contributed by atoms with van der Waals surface area (Å²) in [5.74, 6) is 1.77. The largest absolute Gasteiger partial charge is 0.316 e. The van der Waals surface area contributed by atoms with Crippen molar-refractivity contribution in [3.63, 3.8) is 0 Å². The number of nitrogens with one attached hydrogen (secondary N) is 1. The molecule has 4 heteroatoms. The lowest BCUT2D eigenvalue weighted by Gasteiger charge is -2.37. The van der Waals surface area contributed by atoms with Crippen LogP contribution in [0.4, 0.5) is 0 Å². The Morgan fingerprint density at radius 3 is 2.50 bits per heavy atom. The predicted molar refractivity (Wildman–Crippen MR) is 78.4 cm³/mol. The van der Waals surface area contributed by atoms with Crippen LogP contribution in [0.25, 0.3) is 0 Å². The summed E-state index contributed by atoms with van der Waals surface area (Å²) in [5.41, 5.74) is 0.508. The maximum atomic E-state index is 11.4. The minimum atomic E-state index is -0.542. The summed E-state index contributed by atoms with van der Waals surface area (Å²) in [7, 11) is -0.542. The van der Waals surface area contributed by atoms with E-state index in [0.29, 0.717) is 5.41 Å². The van der Waals surface area contributed by atoms with Gasteiger partial charge in [0.05, 0.1) is 0 Å². The van der Waals surface area contributed by atoms with Crippen molar-refractivity contribution in [1.82, 2.24) is 10.2 Å². The van der Waals surface area contributed by atoms with E-state index in [2.05, 4.69) is 17.1 Å². The molecule has 0 atom stereocenters. The monoisotopic (exact) mass is 272 g/mol. The molecular formula is C14H28N2OS. The average molecular weight is 272 g/mol. The van der Waals surface area contributed by atoms with Crippen molar-refractivity contribution in [3.8, 4) is 0 Å². The fraction of sp³-hybridized carbons (Fsp3) is 1.00. The van der Waals surface area contributed by atoms with Crippen LogP contribution >= 0.6 is 0 Å². The van der Waals surface area contributed by atoms with E-state index < -0.39 is 10.8 Å². The van der Waals surface area contributed by atoms with Crippen LogP contribution in [0.1, 0.15) is 39.0 Å². The second-order valence-electron chi connectivity index (χ2n) is 6.01. The van der Waals surface area contributed by atoms with Crippen LogP contribution in [-0.2, 0) is 10.8 Å². The van der Waals surface area contributed by atoms with Crippen molar-refractivity contribution in [2.45, 2.75) is 39.0 Å². The first-order chi connectivity index (χ1) is 8.74. The first-order valence-corrected chi connectivity index (χ1v) is 9.01. The van der Waals surface area contributed by atoms with E-state index in [0.717, 1.165) is 31.1 Å². The molecule has 0 aromatic carbocycles. The Morgan fingerprint density at radius 1 is 1.22 bits per heavy atom. The average Bonchev–Trinajstić information content (AvgIpc) is 2.82. The zero-order chi connectivity index (χ0) is 12.8. The highest BCUT2D eigenvalue weighted by Gasteiger charge is 2.35. The van der Waals surface area contributed by atoms with Crippen molar-refractivity contribution in [3.05, 3.63) is 0 Å². The fourth-order valence-electron chi connectivity index (χ4n) is 3.35. The number of nitrogens with zero attached hydrogens (tertiary/aromatic N) is 1. The molecule has 106 valence electrons. The van der Waals surface area contributed by atoms with Crippen LogP contribution < -0.4 is 5.32 Å². The smallest absolute Gasteiger partial charge is 0.0363 e. The summed E-state index contributed by atoms with van der Waals surface area (Å²) in [6, 6.07) is 0. The molecule has 0 bridgehead atoms. The Hall–Kier alpha value is 0.0700. The minimum Gasteiger partial charge on any atom is -0.316 e. The van der Waals surface area contributed by atoms with Gasteiger partial charge in [0.15, 0.2) is 0 Å². The van der Waals surface area contributed by atoms with Crippen LogP contribution in [-0.4, -0.2) is 53.3 Å². The topological polar surface area (TPSA) is 32.3 Å². The van der Waals surface area contributed by atoms with E-state index in [-0.39, 0.29) is 0 Å². The number of hydrogen-bond donors (Lipinski definition) is 1. The van der Waals surface area contributed by atoms with Gasteiger partial charge in [-0.2, -0.15) is 0 Å². The summed E-state index contributed by atoms with van der Waals surface area (Å²) >= 11 is 0. The zero-order valence-electron chi connectivity index (χ0n) is 11.7. The molecule has 1 heterocycles. The van der Waals surface area contributed by atoms with E-state index in [1.54, 1.807) is 0 Å². The van der Waals surface area contributed by atoms with Crippen molar-refractivity contribution in [2.75, 3.05) is 44.2 Å². The van der Waals surface area contributed by atoms with Gasteiger partial charge in [0.25, 0.3) is 0 Å². The molecule has 0 aromatic rings. The molecule has 1 saturated carbocycles. The summed E-state index contributed by atoms with van der Waals surface area (Å²) in [4.78, 5) is 2.56. The van der Waals surface area contributed by atoms with Gasteiger partial charge in [-0.3, -0.25) is 4.21 Å². The van der Waals surface area contributed by atoms with Crippen LogP contribution in [0.2, 0.25) is 0 Å². The van der Waals surface area contributed by atoms with Gasteiger partial charge in [0.2, 0.25) is 0 Å². The van der Waals surface area contributed by atoms with Gasteiger partial charge in [-0.1, -0.05) is 19.8 Å². The molecule has 0 radical (unpaired) electrons. The van der Waals surface area contributed by atoms with Crippen molar-refractivity contribution in [1.29, 1.82) is 0 Å².